The van der Waals surface area contributed by atoms with Gasteiger partial charge in [-0.3, -0.25) is 0 Å². The van der Waals surface area contributed by atoms with Crippen LogP contribution < -0.4 is 4.90 Å². The fourth-order valence-electron chi connectivity index (χ4n) is 3.06. The summed E-state index contributed by atoms with van der Waals surface area (Å²) < 4.78 is 5.48. The number of aromatic nitrogens is 2. The number of rotatable bonds is 3. The van der Waals surface area contributed by atoms with Gasteiger partial charge in [-0.25, -0.2) is 14.8 Å². The highest BCUT2D eigenvalue weighted by atomic mass is 16.6. The smallest absolute Gasteiger partial charge is 0.410 e. The van der Waals surface area contributed by atoms with Gasteiger partial charge in [0.05, 0.1) is 0 Å². The molecule has 1 saturated heterocycles. The third-order valence-corrected chi connectivity index (χ3v) is 4.48. The minimum absolute atomic E-state index is 0.204. The molecule has 0 bridgehead atoms. The van der Waals surface area contributed by atoms with Crippen molar-refractivity contribution in [3.8, 4) is 0 Å². The lowest BCUT2D eigenvalue weighted by atomic mass is 10.1. The Morgan fingerprint density at radius 2 is 2.04 bits per heavy atom. The molecular formula is C18H28N4O2. The van der Waals surface area contributed by atoms with E-state index in [1.807, 2.05) is 20.8 Å². The second-order valence-corrected chi connectivity index (χ2v) is 7.98. The largest absolute Gasteiger partial charge is 0.444 e. The van der Waals surface area contributed by atoms with Gasteiger partial charge < -0.3 is 14.5 Å². The molecule has 2 heterocycles. The summed E-state index contributed by atoms with van der Waals surface area (Å²) in [7, 11) is 0. The van der Waals surface area contributed by atoms with Crippen molar-refractivity contribution >= 4 is 11.9 Å². The molecule has 2 fully saturated rings. The zero-order valence-corrected chi connectivity index (χ0v) is 15.2. The molecule has 0 unspecified atom stereocenters. The van der Waals surface area contributed by atoms with Crippen molar-refractivity contribution in [3.63, 3.8) is 0 Å². The quantitative estimate of drug-likeness (QED) is 0.852. The van der Waals surface area contributed by atoms with E-state index in [-0.39, 0.29) is 12.1 Å². The Morgan fingerprint density at radius 1 is 1.29 bits per heavy atom. The molecule has 132 valence electrons. The zero-order chi connectivity index (χ0) is 17.3. The Morgan fingerprint density at radius 3 is 2.67 bits per heavy atom. The van der Waals surface area contributed by atoms with Crippen LogP contribution in [0.4, 0.5) is 10.6 Å². The van der Waals surface area contributed by atoms with Gasteiger partial charge in [0.25, 0.3) is 0 Å². The van der Waals surface area contributed by atoms with Gasteiger partial charge in [-0.05, 0) is 52.9 Å². The number of piperazine rings is 1. The minimum atomic E-state index is -0.457. The number of nitrogens with zero attached hydrogens (tertiary/aromatic N) is 4. The number of hydrogen-bond acceptors (Lipinski definition) is 5. The fourth-order valence-corrected chi connectivity index (χ4v) is 3.06. The summed E-state index contributed by atoms with van der Waals surface area (Å²) in [6.45, 7) is 9.88. The zero-order valence-electron chi connectivity index (χ0n) is 15.2. The van der Waals surface area contributed by atoms with Crippen LogP contribution in [0, 0.1) is 5.92 Å². The second-order valence-electron chi connectivity index (χ2n) is 7.98. The Hall–Kier alpha value is -1.85. The van der Waals surface area contributed by atoms with Gasteiger partial charge in [0.15, 0.2) is 0 Å². The topological polar surface area (TPSA) is 58.6 Å². The van der Waals surface area contributed by atoms with Gasteiger partial charge in [-0.1, -0.05) is 0 Å². The van der Waals surface area contributed by atoms with Crippen molar-refractivity contribution < 1.29 is 9.53 Å². The summed E-state index contributed by atoms with van der Waals surface area (Å²) in [6, 6.07) is 2.31. The first-order valence-corrected chi connectivity index (χ1v) is 8.87. The van der Waals surface area contributed by atoms with Crippen molar-refractivity contribution in [3.05, 3.63) is 18.1 Å². The molecule has 1 atom stereocenters. The monoisotopic (exact) mass is 332 g/mol. The van der Waals surface area contributed by atoms with Crippen LogP contribution in [-0.4, -0.2) is 52.2 Å². The van der Waals surface area contributed by atoms with E-state index >= 15 is 0 Å². The SMILES string of the molecule is C[C@H]1CN(C(=O)OC(C)(C)C)CCN1c1cc(CC2CC2)ncn1. The van der Waals surface area contributed by atoms with Crippen LogP contribution in [0.25, 0.3) is 0 Å². The molecule has 1 aliphatic carbocycles. The van der Waals surface area contributed by atoms with Gasteiger partial charge >= 0.3 is 6.09 Å². The van der Waals surface area contributed by atoms with Crippen molar-refractivity contribution in [2.24, 2.45) is 5.92 Å². The van der Waals surface area contributed by atoms with Crippen LogP contribution in [0.2, 0.25) is 0 Å². The van der Waals surface area contributed by atoms with E-state index in [1.54, 1.807) is 11.2 Å². The van der Waals surface area contributed by atoms with E-state index in [0.717, 1.165) is 30.4 Å². The molecule has 1 amide bonds. The maximum atomic E-state index is 12.2. The molecule has 0 radical (unpaired) electrons. The van der Waals surface area contributed by atoms with Crippen LogP contribution in [0.15, 0.2) is 12.4 Å². The molecule has 1 aromatic heterocycles. The highest BCUT2D eigenvalue weighted by Crippen LogP contribution is 2.32. The first kappa shape index (κ1) is 17.0. The van der Waals surface area contributed by atoms with Crippen LogP contribution >= 0.6 is 0 Å². The number of ether oxygens (including phenoxy) is 1. The second kappa shape index (κ2) is 6.57. The number of anilines is 1. The molecule has 0 N–H and O–H groups in total. The standard InChI is InChI=1S/C18H28N4O2/c1-13-11-21(17(23)24-18(2,3)4)7-8-22(13)16-10-15(19-12-20-16)9-14-5-6-14/h10,12-14H,5-9,11H2,1-4H3/t13-/m0/s1. The van der Waals surface area contributed by atoms with Crippen LogP contribution in [-0.2, 0) is 11.2 Å². The fraction of sp³-hybridized carbons (Fsp3) is 0.722. The van der Waals surface area contributed by atoms with Crippen molar-refractivity contribution in [1.82, 2.24) is 14.9 Å². The van der Waals surface area contributed by atoms with Gasteiger partial charge in [0.2, 0.25) is 0 Å². The average molecular weight is 332 g/mol. The maximum Gasteiger partial charge on any atom is 0.410 e. The van der Waals surface area contributed by atoms with E-state index in [4.69, 9.17) is 4.74 Å². The molecule has 6 heteroatoms. The number of amides is 1. The van der Waals surface area contributed by atoms with E-state index in [1.165, 1.54) is 12.8 Å². The molecule has 24 heavy (non-hydrogen) atoms. The maximum absolute atomic E-state index is 12.2. The van der Waals surface area contributed by atoms with Gasteiger partial charge in [-0.15, -0.1) is 0 Å². The van der Waals surface area contributed by atoms with Crippen LogP contribution in [0.3, 0.4) is 0 Å². The van der Waals surface area contributed by atoms with Crippen LogP contribution in [0.5, 0.6) is 0 Å². The van der Waals surface area contributed by atoms with Crippen LogP contribution in [0.1, 0.15) is 46.2 Å². The van der Waals surface area contributed by atoms with Crippen molar-refractivity contribution in [1.29, 1.82) is 0 Å². The predicted molar refractivity (Wildman–Crippen MR) is 93.1 cm³/mol. The molecule has 0 aromatic carbocycles. The van der Waals surface area contributed by atoms with Gasteiger partial charge in [0.1, 0.15) is 17.7 Å². The normalized spacial score (nSPS) is 21.8. The molecule has 6 nitrogen and oxygen atoms in total. The number of carbonyl (C=O) groups excluding carboxylic acids is 1. The lowest BCUT2D eigenvalue weighted by Crippen LogP contribution is -2.54. The Kier molecular flexibility index (Phi) is 4.65. The summed E-state index contributed by atoms with van der Waals surface area (Å²) in [4.78, 5) is 25.1. The molecule has 1 aromatic rings. The molecular weight excluding hydrogens is 304 g/mol. The number of hydrogen-bond donors (Lipinski definition) is 0. The van der Waals surface area contributed by atoms with E-state index in [0.29, 0.717) is 13.1 Å². The predicted octanol–water partition coefficient (Wildman–Crippen LogP) is 2.87. The lowest BCUT2D eigenvalue weighted by Gasteiger charge is -2.40. The Balaban J connectivity index is 1.62. The highest BCUT2D eigenvalue weighted by molar-refractivity contribution is 5.68. The molecule has 2 aliphatic rings. The first-order chi connectivity index (χ1) is 11.3. The summed E-state index contributed by atoms with van der Waals surface area (Å²) in [5.41, 5.74) is 0.672. The third-order valence-electron chi connectivity index (χ3n) is 4.48. The summed E-state index contributed by atoms with van der Waals surface area (Å²) >= 11 is 0. The molecule has 3 rings (SSSR count). The molecule has 1 saturated carbocycles. The van der Waals surface area contributed by atoms with Crippen molar-refractivity contribution in [2.75, 3.05) is 24.5 Å². The summed E-state index contributed by atoms with van der Waals surface area (Å²) in [6.07, 6.45) is 5.14. The van der Waals surface area contributed by atoms with E-state index < -0.39 is 5.60 Å². The Bertz CT molecular complexity index is 595. The van der Waals surface area contributed by atoms with E-state index in [2.05, 4.69) is 27.9 Å². The van der Waals surface area contributed by atoms with E-state index in [9.17, 15) is 4.79 Å². The van der Waals surface area contributed by atoms with Gasteiger partial charge in [-0.2, -0.15) is 0 Å². The molecule has 0 spiro atoms. The lowest BCUT2D eigenvalue weighted by molar-refractivity contribution is 0.0218. The average Bonchev–Trinajstić information content (AvgIpc) is 3.29. The van der Waals surface area contributed by atoms with Gasteiger partial charge in [0, 0.05) is 37.4 Å². The van der Waals surface area contributed by atoms with Crippen molar-refractivity contribution in [2.45, 2.75) is 58.6 Å². The number of carbonyl (C=O) groups is 1. The summed E-state index contributed by atoms with van der Waals surface area (Å²) in [5, 5.41) is 0. The first-order valence-electron chi connectivity index (χ1n) is 8.87. The summed E-state index contributed by atoms with van der Waals surface area (Å²) in [5.74, 6) is 1.78. The highest BCUT2D eigenvalue weighted by Gasteiger charge is 2.30. The Labute approximate surface area is 144 Å². The minimum Gasteiger partial charge on any atom is -0.444 e. The third kappa shape index (κ3) is 4.36. The molecule has 1 aliphatic heterocycles.